The molecule has 2 aliphatic rings. The Hall–Kier alpha value is -2.05. The lowest BCUT2D eigenvalue weighted by molar-refractivity contribution is 0.0953. The number of amides is 1. The van der Waals surface area contributed by atoms with E-state index in [1.54, 1.807) is 31.4 Å². The molecule has 0 spiro atoms. The topological polar surface area (TPSA) is 67.8 Å². The maximum Gasteiger partial charge on any atom is 0.261 e. The first-order chi connectivity index (χ1) is 13.7. The van der Waals surface area contributed by atoms with E-state index in [-0.39, 0.29) is 12.5 Å². The molecule has 1 fully saturated rings. The Balaban J connectivity index is 1.45. The van der Waals surface area contributed by atoms with Gasteiger partial charge in [-0.05, 0) is 60.8 Å². The number of carbonyl (C=O) groups excluding carboxylic acids is 1. The van der Waals surface area contributed by atoms with Crippen LogP contribution in [0, 0.1) is 18.3 Å². The van der Waals surface area contributed by atoms with Gasteiger partial charge in [0.25, 0.3) is 5.91 Å². The van der Waals surface area contributed by atoms with E-state index in [2.05, 4.69) is 26.1 Å². The lowest BCUT2D eigenvalue weighted by Crippen LogP contribution is -2.23. The Morgan fingerprint density at radius 3 is 2.86 bits per heavy atom. The summed E-state index contributed by atoms with van der Waals surface area (Å²) in [5.74, 6) is 2.61. The average Bonchev–Trinajstić information content (AvgIpc) is 3.02. The van der Waals surface area contributed by atoms with Crippen LogP contribution in [0.25, 0.3) is 0 Å². The number of methoxy groups -OCH3 is 1. The predicted octanol–water partition coefficient (Wildman–Crippen LogP) is 4.05. The van der Waals surface area contributed by atoms with Crippen LogP contribution in [0.2, 0.25) is 0 Å². The molecule has 156 valence electrons. The van der Waals surface area contributed by atoms with Gasteiger partial charge in [-0.15, -0.1) is 11.3 Å². The van der Waals surface area contributed by atoms with E-state index in [1.807, 2.05) is 12.1 Å². The monoisotopic (exact) mass is 415 g/mol. The molecule has 29 heavy (non-hydrogen) atoms. The van der Waals surface area contributed by atoms with Crippen molar-refractivity contribution in [1.82, 2.24) is 5.32 Å². The van der Waals surface area contributed by atoms with Crippen LogP contribution >= 0.6 is 11.3 Å². The average molecular weight is 416 g/mol. The summed E-state index contributed by atoms with van der Waals surface area (Å²) in [4.78, 5) is 15.1. The quantitative estimate of drug-likeness (QED) is 0.716. The van der Waals surface area contributed by atoms with E-state index >= 15 is 0 Å². The van der Waals surface area contributed by atoms with Crippen molar-refractivity contribution in [3.63, 3.8) is 0 Å². The minimum Gasteiger partial charge on any atom is -0.496 e. The molecule has 0 radical (unpaired) electrons. The van der Waals surface area contributed by atoms with Gasteiger partial charge in [0.2, 0.25) is 0 Å². The van der Waals surface area contributed by atoms with E-state index in [4.69, 9.17) is 9.47 Å². The summed E-state index contributed by atoms with van der Waals surface area (Å²) in [5, 5.41) is 12.4. The van der Waals surface area contributed by atoms with E-state index in [1.165, 1.54) is 16.0 Å². The van der Waals surface area contributed by atoms with Crippen LogP contribution in [0.4, 0.5) is 0 Å². The molecule has 2 aromatic rings. The fraction of sp³-hybridized carbons (Fsp3) is 0.522. The Morgan fingerprint density at radius 2 is 2.17 bits per heavy atom. The smallest absolute Gasteiger partial charge is 0.261 e. The van der Waals surface area contributed by atoms with Crippen molar-refractivity contribution >= 4 is 17.2 Å². The first-order valence-electron chi connectivity index (χ1n) is 10.1. The molecule has 2 N–H and O–H groups in total. The summed E-state index contributed by atoms with van der Waals surface area (Å²) in [7, 11) is 1.60. The lowest BCUT2D eigenvalue weighted by atomic mass is 9.95. The van der Waals surface area contributed by atoms with Gasteiger partial charge in [0.15, 0.2) is 0 Å². The van der Waals surface area contributed by atoms with Crippen LogP contribution in [0.1, 0.15) is 57.9 Å². The molecule has 1 saturated carbocycles. The number of ether oxygens (including phenoxy) is 2. The largest absolute Gasteiger partial charge is 0.496 e. The zero-order valence-corrected chi connectivity index (χ0v) is 18.5. The summed E-state index contributed by atoms with van der Waals surface area (Å²) < 4.78 is 11.0. The number of aliphatic hydroxyl groups excluding tert-OH is 1. The first kappa shape index (κ1) is 20.2. The van der Waals surface area contributed by atoms with Crippen molar-refractivity contribution in [1.29, 1.82) is 0 Å². The fourth-order valence-electron chi connectivity index (χ4n) is 4.75. The first-order valence-corrected chi connectivity index (χ1v) is 10.9. The van der Waals surface area contributed by atoms with Gasteiger partial charge in [-0.3, -0.25) is 4.79 Å². The molecule has 3 unspecified atom stereocenters. The van der Waals surface area contributed by atoms with Gasteiger partial charge in [-0.25, -0.2) is 0 Å². The molecule has 2 aliphatic carbocycles. The number of nitrogens with one attached hydrogen (secondary N) is 1. The van der Waals surface area contributed by atoms with Gasteiger partial charge < -0.3 is 19.9 Å². The van der Waals surface area contributed by atoms with E-state index in [9.17, 15) is 9.90 Å². The summed E-state index contributed by atoms with van der Waals surface area (Å²) in [5.41, 5.74) is 3.98. The standard InChI is InChI=1S/C23H29NO4S/c1-12(25)11-28-15-7-6-14(18(8-15)27-5)10-24-22(26)21-16-9-17-20(23(17,3)4)19(16)13(2)29-21/h6-8,12,17,20,25H,9-11H2,1-5H3,(H,24,26). The highest BCUT2D eigenvalue weighted by Crippen LogP contribution is 2.71. The van der Waals surface area contributed by atoms with Crippen LogP contribution in [-0.2, 0) is 13.0 Å². The van der Waals surface area contributed by atoms with Crippen LogP contribution in [0.15, 0.2) is 18.2 Å². The third kappa shape index (κ3) is 3.53. The summed E-state index contributed by atoms with van der Waals surface area (Å²) in [6.07, 6.45) is 0.492. The van der Waals surface area contributed by atoms with Gasteiger partial charge in [-0.2, -0.15) is 0 Å². The Kier molecular flexibility index (Phi) is 5.11. The highest BCUT2D eigenvalue weighted by atomic mass is 32.1. The van der Waals surface area contributed by atoms with Crippen LogP contribution < -0.4 is 14.8 Å². The van der Waals surface area contributed by atoms with Crippen molar-refractivity contribution in [2.75, 3.05) is 13.7 Å². The molecule has 1 amide bonds. The zero-order chi connectivity index (χ0) is 20.9. The molecule has 0 bridgehead atoms. The molecular weight excluding hydrogens is 386 g/mol. The second-order valence-corrected chi connectivity index (χ2v) is 10.0. The van der Waals surface area contributed by atoms with Crippen molar-refractivity contribution in [3.05, 3.63) is 44.6 Å². The van der Waals surface area contributed by atoms with E-state index < -0.39 is 6.10 Å². The maximum atomic E-state index is 12.9. The minimum atomic E-state index is -0.535. The molecule has 3 atom stereocenters. The van der Waals surface area contributed by atoms with Crippen LogP contribution in [0.3, 0.4) is 0 Å². The third-order valence-corrected chi connectivity index (χ3v) is 7.58. The molecule has 5 nitrogen and oxygen atoms in total. The molecule has 6 heteroatoms. The highest BCUT2D eigenvalue weighted by Gasteiger charge is 2.63. The molecule has 0 aliphatic heterocycles. The van der Waals surface area contributed by atoms with Crippen molar-refractivity contribution in [2.45, 2.75) is 52.7 Å². The molecule has 4 rings (SSSR count). The van der Waals surface area contributed by atoms with Gasteiger partial charge >= 0.3 is 0 Å². The van der Waals surface area contributed by atoms with Crippen LogP contribution in [0.5, 0.6) is 11.5 Å². The van der Waals surface area contributed by atoms with Crippen molar-refractivity contribution in [2.24, 2.45) is 11.3 Å². The fourth-order valence-corrected chi connectivity index (χ4v) is 5.90. The Bertz CT molecular complexity index is 947. The Morgan fingerprint density at radius 1 is 1.41 bits per heavy atom. The second-order valence-electron chi connectivity index (χ2n) is 8.81. The SMILES string of the molecule is COc1cc(OCC(C)O)ccc1CNC(=O)c1sc(C)c2c1CC1C2C1(C)C. The number of benzene rings is 1. The molecular formula is C23H29NO4S. The maximum absolute atomic E-state index is 12.9. The Labute approximate surface area is 176 Å². The second kappa shape index (κ2) is 7.33. The number of hydrogen-bond acceptors (Lipinski definition) is 5. The van der Waals surface area contributed by atoms with Crippen molar-refractivity contribution < 1.29 is 19.4 Å². The molecule has 1 aromatic carbocycles. The number of aliphatic hydroxyl groups is 1. The third-order valence-electron chi connectivity index (χ3n) is 6.41. The summed E-state index contributed by atoms with van der Waals surface area (Å²) in [6, 6.07) is 5.50. The number of fused-ring (bicyclic) bond motifs is 3. The molecule has 0 saturated heterocycles. The van der Waals surface area contributed by atoms with Gasteiger partial charge in [0.05, 0.1) is 18.1 Å². The molecule has 1 heterocycles. The minimum absolute atomic E-state index is 0.00468. The highest BCUT2D eigenvalue weighted by molar-refractivity contribution is 7.14. The number of carbonyl (C=O) groups is 1. The zero-order valence-electron chi connectivity index (χ0n) is 17.7. The molecule has 1 aromatic heterocycles. The number of aryl methyl sites for hydroxylation is 1. The lowest BCUT2D eigenvalue weighted by Gasteiger charge is -2.14. The summed E-state index contributed by atoms with van der Waals surface area (Å²) >= 11 is 1.63. The van der Waals surface area contributed by atoms with Gasteiger partial charge in [0, 0.05) is 23.1 Å². The van der Waals surface area contributed by atoms with E-state index in [0.29, 0.717) is 35.3 Å². The van der Waals surface area contributed by atoms with E-state index in [0.717, 1.165) is 16.9 Å². The summed E-state index contributed by atoms with van der Waals surface area (Å²) in [6.45, 7) is 9.11. The number of hydrogen-bond donors (Lipinski definition) is 2. The van der Waals surface area contributed by atoms with Gasteiger partial charge in [0.1, 0.15) is 18.1 Å². The van der Waals surface area contributed by atoms with Crippen LogP contribution in [-0.4, -0.2) is 30.8 Å². The van der Waals surface area contributed by atoms with Crippen molar-refractivity contribution in [3.8, 4) is 11.5 Å². The predicted molar refractivity (Wildman–Crippen MR) is 114 cm³/mol. The number of thiophene rings is 1. The normalized spacial score (nSPS) is 21.9. The van der Waals surface area contributed by atoms with Gasteiger partial charge in [-0.1, -0.05) is 13.8 Å². The number of rotatable bonds is 7.